The molecule has 1 aromatic rings. The molecule has 0 aromatic heterocycles. The first kappa shape index (κ1) is 16.6. The lowest BCUT2D eigenvalue weighted by Gasteiger charge is -2.40. The Morgan fingerprint density at radius 3 is 2.48 bits per heavy atom. The molecule has 0 amide bonds. The largest absolute Gasteiger partial charge is 0.392 e. The van der Waals surface area contributed by atoms with Gasteiger partial charge in [-0.25, -0.2) is 8.42 Å². The van der Waals surface area contributed by atoms with Crippen molar-refractivity contribution in [3.63, 3.8) is 0 Å². The van der Waals surface area contributed by atoms with Gasteiger partial charge in [-0.05, 0) is 32.0 Å². The SMILES string of the molecule is CN1CCC(NS(=O)(=O)c2ccccc2Cl)(C(N)=S)CC1. The summed E-state index contributed by atoms with van der Waals surface area (Å²) in [5, 5.41) is 0.177. The van der Waals surface area contributed by atoms with Crippen molar-refractivity contribution >= 4 is 38.8 Å². The van der Waals surface area contributed by atoms with Gasteiger partial charge in [0.05, 0.1) is 15.6 Å². The second-order valence-corrected chi connectivity index (χ2v) is 7.78. The molecular weight excluding hydrogens is 330 g/mol. The average molecular weight is 348 g/mol. The molecule has 1 aromatic carbocycles. The maximum atomic E-state index is 12.6. The maximum Gasteiger partial charge on any atom is 0.242 e. The standard InChI is InChI=1S/C13H18ClN3O2S2/c1-17-8-6-13(7-9-17,12(15)20)16-21(18,19)11-5-3-2-4-10(11)14/h2-5,16H,6-9H2,1H3,(H2,15,20). The van der Waals surface area contributed by atoms with Crippen LogP contribution in [-0.4, -0.2) is 44.0 Å². The highest BCUT2D eigenvalue weighted by Gasteiger charge is 2.40. The van der Waals surface area contributed by atoms with Crippen molar-refractivity contribution in [3.05, 3.63) is 29.3 Å². The van der Waals surface area contributed by atoms with Crippen LogP contribution in [0.2, 0.25) is 5.02 Å². The third-order valence-electron chi connectivity index (χ3n) is 3.77. The molecule has 116 valence electrons. The van der Waals surface area contributed by atoms with Crippen molar-refractivity contribution in [1.29, 1.82) is 0 Å². The Kier molecular flexibility index (Phi) is 4.89. The lowest BCUT2D eigenvalue weighted by molar-refractivity contribution is 0.220. The number of thiocarbonyl (C=S) groups is 1. The van der Waals surface area contributed by atoms with Crippen LogP contribution in [0, 0.1) is 0 Å². The van der Waals surface area contributed by atoms with E-state index >= 15 is 0 Å². The molecule has 0 atom stereocenters. The molecule has 0 unspecified atom stereocenters. The molecule has 0 spiro atoms. The topological polar surface area (TPSA) is 75.4 Å². The Morgan fingerprint density at radius 2 is 1.95 bits per heavy atom. The number of sulfonamides is 1. The molecule has 0 radical (unpaired) electrons. The molecule has 1 aliphatic heterocycles. The molecule has 5 nitrogen and oxygen atoms in total. The molecule has 1 heterocycles. The fourth-order valence-electron chi connectivity index (χ4n) is 2.37. The molecule has 8 heteroatoms. The van der Waals surface area contributed by atoms with Gasteiger partial charge in [-0.2, -0.15) is 4.72 Å². The van der Waals surface area contributed by atoms with Crippen LogP contribution < -0.4 is 10.5 Å². The molecule has 1 saturated heterocycles. The Bertz CT molecular complexity index is 641. The molecule has 1 aliphatic rings. The van der Waals surface area contributed by atoms with Gasteiger partial charge in [-0.15, -0.1) is 0 Å². The number of rotatable bonds is 4. The predicted molar refractivity (Wildman–Crippen MR) is 88.0 cm³/mol. The highest BCUT2D eigenvalue weighted by molar-refractivity contribution is 7.89. The van der Waals surface area contributed by atoms with E-state index in [-0.39, 0.29) is 14.9 Å². The number of likely N-dealkylation sites (tertiary alicyclic amines) is 1. The van der Waals surface area contributed by atoms with Crippen molar-refractivity contribution < 1.29 is 8.42 Å². The van der Waals surface area contributed by atoms with Crippen LogP contribution in [0.5, 0.6) is 0 Å². The highest BCUT2D eigenvalue weighted by atomic mass is 35.5. The van der Waals surface area contributed by atoms with Gasteiger partial charge in [0.25, 0.3) is 0 Å². The van der Waals surface area contributed by atoms with E-state index in [4.69, 9.17) is 29.6 Å². The second kappa shape index (κ2) is 6.18. The summed E-state index contributed by atoms with van der Waals surface area (Å²) in [4.78, 5) is 2.33. The van der Waals surface area contributed by atoms with E-state index in [0.717, 1.165) is 13.1 Å². The molecule has 0 saturated carbocycles. The third kappa shape index (κ3) is 3.54. The fraction of sp³-hybridized carbons (Fsp3) is 0.462. The number of halogens is 1. The smallest absolute Gasteiger partial charge is 0.242 e. The zero-order chi connectivity index (χ0) is 15.7. The van der Waals surface area contributed by atoms with Crippen LogP contribution in [0.25, 0.3) is 0 Å². The molecule has 0 aliphatic carbocycles. The van der Waals surface area contributed by atoms with E-state index in [1.165, 1.54) is 12.1 Å². The Morgan fingerprint density at radius 1 is 1.38 bits per heavy atom. The quantitative estimate of drug-likeness (QED) is 0.804. The van der Waals surface area contributed by atoms with Gasteiger partial charge in [-0.3, -0.25) is 0 Å². The Labute approximate surface area is 135 Å². The predicted octanol–water partition coefficient (Wildman–Crippen LogP) is 1.37. The number of hydrogen-bond donors (Lipinski definition) is 2. The summed E-state index contributed by atoms with van der Waals surface area (Å²) < 4.78 is 27.9. The molecule has 21 heavy (non-hydrogen) atoms. The van der Waals surface area contributed by atoms with Crippen LogP contribution in [-0.2, 0) is 10.0 Å². The lowest BCUT2D eigenvalue weighted by Crippen LogP contribution is -2.61. The van der Waals surface area contributed by atoms with Crippen LogP contribution in [0.3, 0.4) is 0 Å². The summed E-state index contributed by atoms with van der Waals surface area (Å²) in [6, 6.07) is 6.31. The van der Waals surface area contributed by atoms with Gasteiger partial charge < -0.3 is 10.6 Å². The average Bonchev–Trinajstić information content (AvgIpc) is 2.41. The number of benzene rings is 1. The zero-order valence-corrected chi connectivity index (χ0v) is 14.1. The fourth-order valence-corrected chi connectivity index (χ4v) is 4.65. The second-order valence-electron chi connectivity index (χ2n) is 5.29. The van der Waals surface area contributed by atoms with Crippen molar-refractivity contribution in [2.75, 3.05) is 20.1 Å². The minimum absolute atomic E-state index is 0.0428. The number of nitrogens with one attached hydrogen (secondary N) is 1. The first-order valence-corrected chi connectivity index (χ1v) is 8.81. The van der Waals surface area contributed by atoms with Crippen LogP contribution in [0.15, 0.2) is 29.2 Å². The molecule has 2 rings (SSSR count). The minimum Gasteiger partial charge on any atom is -0.392 e. The maximum absolute atomic E-state index is 12.6. The normalized spacial score (nSPS) is 19.3. The number of nitrogens with zero attached hydrogens (tertiary/aromatic N) is 1. The molecular formula is C13H18ClN3O2S2. The van der Waals surface area contributed by atoms with E-state index < -0.39 is 15.6 Å². The lowest BCUT2D eigenvalue weighted by atomic mass is 9.89. The summed E-state index contributed by atoms with van der Waals surface area (Å²) in [5.74, 6) is 0. The molecule has 0 bridgehead atoms. The van der Waals surface area contributed by atoms with E-state index in [9.17, 15) is 8.42 Å². The van der Waals surface area contributed by atoms with Crippen LogP contribution in [0.4, 0.5) is 0 Å². The van der Waals surface area contributed by atoms with Gasteiger partial charge in [0.1, 0.15) is 4.90 Å². The summed E-state index contributed by atoms with van der Waals surface area (Å²) in [6.45, 7) is 1.45. The van der Waals surface area contributed by atoms with Crippen molar-refractivity contribution in [2.24, 2.45) is 5.73 Å². The van der Waals surface area contributed by atoms with Gasteiger partial charge in [-0.1, -0.05) is 36.0 Å². The Hall–Kier alpha value is -0.730. The first-order valence-electron chi connectivity index (χ1n) is 6.54. The zero-order valence-electron chi connectivity index (χ0n) is 11.7. The van der Waals surface area contributed by atoms with Crippen LogP contribution in [0.1, 0.15) is 12.8 Å². The van der Waals surface area contributed by atoms with E-state index in [2.05, 4.69) is 9.62 Å². The molecule has 3 N–H and O–H groups in total. The van der Waals surface area contributed by atoms with E-state index in [1.54, 1.807) is 12.1 Å². The van der Waals surface area contributed by atoms with Gasteiger partial charge in [0, 0.05) is 13.1 Å². The minimum atomic E-state index is -3.78. The van der Waals surface area contributed by atoms with Crippen LogP contribution >= 0.6 is 23.8 Å². The van der Waals surface area contributed by atoms with Gasteiger partial charge in [0.2, 0.25) is 10.0 Å². The number of hydrogen-bond acceptors (Lipinski definition) is 4. The summed E-state index contributed by atoms with van der Waals surface area (Å²) in [5.41, 5.74) is 4.93. The summed E-state index contributed by atoms with van der Waals surface area (Å²) in [7, 11) is -1.80. The highest BCUT2D eigenvalue weighted by Crippen LogP contribution is 2.27. The summed E-state index contributed by atoms with van der Waals surface area (Å²) >= 11 is 11.1. The number of piperidine rings is 1. The third-order valence-corrected chi connectivity index (χ3v) is 6.20. The van der Waals surface area contributed by atoms with E-state index in [1.807, 2.05) is 7.05 Å². The van der Waals surface area contributed by atoms with Gasteiger partial charge in [0.15, 0.2) is 0 Å². The van der Waals surface area contributed by atoms with Crippen molar-refractivity contribution in [2.45, 2.75) is 23.3 Å². The Balaban J connectivity index is 2.33. The van der Waals surface area contributed by atoms with E-state index in [0.29, 0.717) is 12.8 Å². The van der Waals surface area contributed by atoms with Crippen molar-refractivity contribution in [3.8, 4) is 0 Å². The number of nitrogens with two attached hydrogens (primary N) is 1. The summed E-state index contributed by atoms with van der Waals surface area (Å²) in [6.07, 6.45) is 1.09. The molecule has 1 fully saturated rings. The van der Waals surface area contributed by atoms with Crippen molar-refractivity contribution in [1.82, 2.24) is 9.62 Å². The first-order chi connectivity index (χ1) is 9.77. The van der Waals surface area contributed by atoms with Gasteiger partial charge >= 0.3 is 0 Å². The monoisotopic (exact) mass is 347 g/mol.